The molecule has 0 fully saturated rings. The highest BCUT2D eigenvalue weighted by Crippen LogP contribution is 2.28. The molecule has 0 spiro atoms. The molecule has 2 rings (SSSR count). The highest BCUT2D eigenvalue weighted by molar-refractivity contribution is 5.62. The van der Waals surface area contributed by atoms with Crippen LogP contribution in [-0.2, 0) is 7.05 Å². The van der Waals surface area contributed by atoms with Crippen molar-refractivity contribution < 1.29 is 4.57 Å². The second-order valence-corrected chi connectivity index (χ2v) is 6.22. The lowest BCUT2D eigenvalue weighted by atomic mass is 9.90. The average molecular weight is 282 g/mol. The molecule has 0 atom stereocenters. The third-order valence-electron chi connectivity index (χ3n) is 4.73. The third-order valence-corrected chi connectivity index (χ3v) is 4.73. The van der Waals surface area contributed by atoms with E-state index < -0.39 is 0 Å². The SMILES string of the molecule is CCC(CC)c1ccc(-c2cc(C)c(C)c[n+]2C)c(C)c1. The molecule has 0 N–H and O–H groups in total. The number of benzene rings is 1. The van der Waals surface area contributed by atoms with Crippen molar-refractivity contribution >= 4 is 0 Å². The summed E-state index contributed by atoms with van der Waals surface area (Å²) in [4.78, 5) is 0. The van der Waals surface area contributed by atoms with E-state index in [2.05, 4.69) is 76.7 Å². The van der Waals surface area contributed by atoms with Crippen molar-refractivity contribution in [3.05, 3.63) is 52.7 Å². The Morgan fingerprint density at radius 2 is 1.57 bits per heavy atom. The molecule has 0 aliphatic carbocycles. The first kappa shape index (κ1) is 15.8. The van der Waals surface area contributed by atoms with Gasteiger partial charge in [-0.15, -0.1) is 0 Å². The molecule has 1 heteroatoms. The Bertz CT molecular complexity index is 637. The molecule has 2 aromatic rings. The topological polar surface area (TPSA) is 3.88 Å². The minimum absolute atomic E-state index is 0.686. The van der Waals surface area contributed by atoms with Crippen molar-refractivity contribution in [2.24, 2.45) is 7.05 Å². The Morgan fingerprint density at radius 1 is 0.905 bits per heavy atom. The molecule has 112 valence electrons. The maximum Gasteiger partial charge on any atom is 0.212 e. The Hall–Kier alpha value is -1.63. The van der Waals surface area contributed by atoms with Gasteiger partial charge in [0, 0.05) is 17.2 Å². The van der Waals surface area contributed by atoms with E-state index in [0.29, 0.717) is 5.92 Å². The normalized spacial score (nSPS) is 11.2. The molecule has 21 heavy (non-hydrogen) atoms. The van der Waals surface area contributed by atoms with Gasteiger partial charge < -0.3 is 0 Å². The molecule has 0 saturated heterocycles. The highest BCUT2D eigenvalue weighted by Gasteiger charge is 2.16. The van der Waals surface area contributed by atoms with Crippen molar-refractivity contribution in [1.82, 2.24) is 0 Å². The molecule has 1 aromatic carbocycles. The predicted octanol–water partition coefficient (Wildman–Crippen LogP) is 5.01. The summed E-state index contributed by atoms with van der Waals surface area (Å²) in [6.45, 7) is 11.1. The van der Waals surface area contributed by atoms with Gasteiger partial charge in [0.25, 0.3) is 0 Å². The Balaban J connectivity index is 2.49. The fourth-order valence-corrected chi connectivity index (χ4v) is 3.14. The number of pyridine rings is 1. The molecular weight excluding hydrogens is 254 g/mol. The van der Waals surface area contributed by atoms with Crippen LogP contribution in [0.3, 0.4) is 0 Å². The van der Waals surface area contributed by atoms with Crippen LogP contribution in [0.1, 0.15) is 54.9 Å². The average Bonchev–Trinajstić information content (AvgIpc) is 2.45. The first-order chi connectivity index (χ1) is 9.97. The summed E-state index contributed by atoms with van der Waals surface area (Å²) in [6, 6.07) is 9.29. The summed E-state index contributed by atoms with van der Waals surface area (Å²) < 4.78 is 2.24. The van der Waals surface area contributed by atoms with Crippen molar-refractivity contribution in [1.29, 1.82) is 0 Å². The van der Waals surface area contributed by atoms with Gasteiger partial charge in [0.2, 0.25) is 5.69 Å². The quantitative estimate of drug-likeness (QED) is 0.694. The molecule has 0 amide bonds. The monoisotopic (exact) mass is 282 g/mol. The van der Waals surface area contributed by atoms with E-state index in [1.807, 2.05) is 0 Å². The Morgan fingerprint density at radius 3 is 2.14 bits per heavy atom. The molecule has 1 heterocycles. The second kappa shape index (κ2) is 6.43. The van der Waals surface area contributed by atoms with Gasteiger partial charge in [0.1, 0.15) is 7.05 Å². The zero-order valence-electron chi connectivity index (χ0n) is 14.3. The largest absolute Gasteiger partial charge is 0.212 e. The van der Waals surface area contributed by atoms with Crippen LogP contribution in [0.25, 0.3) is 11.3 Å². The smallest absolute Gasteiger partial charge is 0.201 e. The lowest BCUT2D eigenvalue weighted by Gasteiger charge is -2.15. The van der Waals surface area contributed by atoms with E-state index >= 15 is 0 Å². The number of hydrogen-bond acceptors (Lipinski definition) is 0. The zero-order valence-corrected chi connectivity index (χ0v) is 14.3. The minimum atomic E-state index is 0.686. The Labute approximate surface area is 129 Å². The molecule has 0 aliphatic heterocycles. The molecule has 0 aliphatic rings. The third kappa shape index (κ3) is 3.18. The molecule has 1 nitrogen and oxygen atoms in total. The van der Waals surface area contributed by atoms with Gasteiger partial charge in [-0.1, -0.05) is 26.0 Å². The van der Waals surface area contributed by atoms with Gasteiger partial charge in [-0.05, 0) is 62.3 Å². The first-order valence-electron chi connectivity index (χ1n) is 8.05. The van der Waals surface area contributed by atoms with E-state index in [1.165, 1.54) is 46.4 Å². The van der Waals surface area contributed by atoms with E-state index in [4.69, 9.17) is 0 Å². The van der Waals surface area contributed by atoms with Crippen molar-refractivity contribution in [2.75, 3.05) is 0 Å². The first-order valence-corrected chi connectivity index (χ1v) is 8.05. The van der Waals surface area contributed by atoms with Gasteiger partial charge in [-0.25, -0.2) is 4.57 Å². The number of rotatable bonds is 4. The lowest BCUT2D eigenvalue weighted by molar-refractivity contribution is -0.660. The van der Waals surface area contributed by atoms with Crippen molar-refractivity contribution in [3.63, 3.8) is 0 Å². The van der Waals surface area contributed by atoms with Gasteiger partial charge in [0.15, 0.2) is 6.20 Å². The predicted molar refractivity (Wildman–Crippen MR) is 90.6 cm³/mol. The summed E-state index contributed by atoms with van der Waals surface area (Å²) in [5.41, 5.74) is 8.19. The minimum Gasteiger partial charge on any atom is -0.201 e. The van der Waals surface area contributed by atoms with Crippen LogP contribution in [0.2, 0.25) is 0 Å². The van der Waals surface area contributed by atoms with E-state index in [9.17, 15) is 0 Å². The van der Waals surface area contributed by atoms with Crippen LogP contribution < -0.4 is 4.57 Å². The molecule has 0 unspecified atom stereocenters. The van der Waals surface area contributed by atoms with Crippen LogP contribution in [-0.4, -0.2) is 0 Å². The van der Waals surface area contributed by atoms with Crippen molar-refractivity contribution in [2.45, 2.75) is 53.4 Å². The van der Waals surface area contributed by atoms with Gasteiger partial charge in [-0.2, -0.15) is 0 Å². The molecule has 0 saturated carbocycles. The molecule has 0 radical (unpaired) electrons. The maximum absolute atomic E-state index is 2.38. The van der Waals surface area contributed by atoms with Crippen LogP contribution in [0.4, 0.5) is 0 Å². The summed E-state index contributed by atoms with van der Waals surface area (Å²) in [7, 11) is 2.13. The fraction of sp³-hybridized carbons (Fsp3) is 0.450. The van der Waals surface area contributed by atoms with Crippen LogP contribution in [0.15, 0.2) is 30.5 Å². The van der Waals surface area contributed by atoms with Gasteiger partial charge in [-0.3, -0.25) is 0 Å². The maximum atomic E-state index is 2.38. The number of aromatic nitrogens is 1. The standard InChI is InChI=1S/C20H28N/c1-7-17(8-2)18-9-10-19(15(4)11-18)20-12-14(3)16(5)13-21(20)6/h9-13,17H,7-8H2,1-6H3/q+1. The summed E-state index contributed by atoms with van der Waals surface area (Å²) in [5.74, 6) is 0.686. The summed E-state index contributed by atoms with van der Waals surface area (Å²) in [5, 5.41) is 0. The summed E-state index contributed by atoms with van der Waals surface area (Å²) >= 11 is 0. The van der Waals surface area contributed by atoms with Gasteiger partial charge >= 0.3 is 0 Å². The van der Waals surface area contributed by atoms with E-state index in [-0.39, 0.29) is 0 Å². The Kier molecular flexibility index (Phi) is 4.82. The summed E-state index contributed by atoms with van der Waals surface area (Å²) in [6.07, 6.45) is 4.65. The number of hydrogen-bond donors (Lipinski definition) is 0. The molecular formula is C20H28N+. The van der Waals surface area contributed by atoms with Crippen LogP contribution in [0.5, 0.6) is 0 Å². The zero-order chi connectivity index (χ0) is 15.6. The van der Waals surface area contributed by atoms with Gasteiger partial charge in [0.05, 0.1) is 0 Å². The van der Waals surface area contributed by atoms with Crippen LogP contribution in [0, 0.1) is 20.8 Å². The molecule has 0 bridgehead atoms. The lowest BCUT2D eigenvalue weighted by Crippen LogP contribution is -2.31. The molecule has 1 aromatic heterocycles. The highest BCUT2D eigenvalue weighted by atomic mass is 14.9. The van der Waals surface area contributed by atoms with E-state index in [0.717, 1.165) is 0 Å². The van der Waals surface area contributed by atoms with Crippen LogP contribution >= 0.6 is 0 Å². The number of aryl methyl sites for hydroxylation is 4. The fourth-order valence-electron chi connectivity index (χ4n) is 3.14. The van der Waals surface area contributed by atoms with E-state index in [1.54, 1.807) is 0 Å². The number of nitrogens with zero attached hydrogens (tertiary/aromatic N) is 1. The second-order valence-electron chi connectivity index (χ2n) is 6.22. The van der Waals surface area contributed by atoms with Crippen molar-refractivity contribution in [3.8, 4) is 11.3 Å².